The fourth-order valence-electron chi connectivity index (χ4n) is 2.96. The van der Waals surface area contributed by atoms with Crippen molar-refractivity contribution in [3.8, 4) is 22.8 Å². The summed E-state index contributed by atoms with van der Waals surface area (Å²) in [4.78, 5) is 13.9. The average molecular weight is 322 g/mol. The van der Waals surface area contributed by atoms with Crippen LogP contribution >= 0.6 is 11.6 Å². The van der Waals surface area contributed by atoms with Crippen LogP contribution < -0.4 is 0 Å². The standard InChI is InChI=1S/C19H16ClN3/c20-15-10-11-17(22-18(15)13-6-2-1-3-7-13)19-21-12-14-8-4-5-9-16(14)23-19/h1-3,6-7,10-12H,4-5,8-9H2. The summed E-state index contributed by atoms with van der Waals surface area (Å²) in [6, 6.07) is 13.7. The van der Waals surface area contributed by atoms with E-state index in [1.165, 1.54) is 24.1 Å². The van der Waals surface area contributed by atoms with Gasteiger partial charge >= 0.3 is 0 Å². The summed E-state index contributed by atoms with van der Waals surface area (Å²) in [5.74, 6) is 0.680. The van der Waals surface area contributed by atoms with Gasteiger partial charge in [0.25, 0.3) is 0 Å². The first-order valence-electron chi connectivity index (χ1n) is 7.88. The van der Waals surface area contributed by atoms with E-state index in [4.69, 9.17) is 21.6 Å². The van der Waals surface area contributed by atoms with Gasteiger partial charge in [-0.15, -0.1) is 0 Å². The molecule has 0 N–H and O–H groups in total. The molecule has 0 spiro atoms. The normalized spacial score (nSPS) is 13.6. The van der Waals surface area contributed by atoms with Crippen LogP contribution in [0.5, 0.6) is 0 Å². The van der Waals surface area contributed by atoms with Crippen molar-refractivity contribution in [3.63, 3.8) is 0 Å². The molecule has 3 aromatic rings. The highest BCUT2D eigenvalue weighted by atomic mass is 35.5. The molecule has 0 fully saturated rings. The van der Waals surface area contributed by atoms with Gasteiger partial charge in [-0.2, -0.15) is 0 Å². The zero-order valence-corrected chi connectivity index (χ0v) is 13.4. The van der Waals surface area contributed by atoms with Crippen LogP contribution in [0.15, 0.2) is 48.7 Å². The summed E-state index contributed by atoms with van der Waals surface area (Å²) in [6.45, 7) is 0. The van der Waals surface area contributed by atoms with Gasteiger partial charge in [0.2, 0.25) is 0 Å². The number of halogens is 1. The Bertz CT molecular complexity index is 846. The fourth-order valence-corrected chi connectivity index (χ4v) is 3.18. The predicted octanol–water partition coefficient (Wildman–Crippen LogP) is 4.74. The van der Waals surface area contributed by atoms with E-state index in [1.54, 1.807) is 0 Å². The third-order valence-corrected chi connectivity index (χ3v) is 4.49. The summed E-state index contributed by atoms with van der Waals surface area (Å²) in [5, 5.41) is 0.637. The second kappa shape index (κ2) is 6.09. The van der Waals surface area contributed by atoms with Crippen molar-refractivity contribution >= 4 is 11.6 Å². The fraction of sp³-hybridized carbons (Fsp3) is 0.211. The van der Waals surface area contributed by atoms with Crippen LogP contribution in [0.3, 0.4) is 0 Å². The lowest BCUT2D eigenvalue weighted by Gasteiger charge is -2.14. The average Bonchev–Trinajstić information content (AvgIpc) is 2.62. The van der Waals surface area contributed by atoms with Crippen molar-refractivity contribution in [2.75, 3.05) is 0 Å². The monoisotopic (exact) mass is 321 g/mol. The third kappa shape index (κ3) is 2.84. The molecule has 0 aliphatic heterocycles. The molecule has 0 bridgehead atoms. The van der Waals surface area contributed by atoms with Gasteiger partial charge in [-0.3, -0.25) is 0 Å². The maximum atomic E-state index is 6.33. The number of nitrogens with zero attached hydrogens (tertiary/aromatic N) is 3. The smallest absolute Gasteiger partial charge is 0.178 e. The Kier molecular flexibility index (Phi) is 3.80. The molecule has 2 aromatic heterocycles. The first kappa shape index (κ1) is 14.3. The minimum Gasteiger partial charge on any atom is -0.243 e. The number of fused-ring (bicyclic) bond motifs is 1. The molecule has 2 heterocycles. The maximum absolute atomic E-state index is 6.33. The largest absolute Gasteiger partial charge is 0.243 e. The van der Waals surface area contributed by atoms with Crippen LogP contribution in [-0.4, -0.2) is 15.0 Å². The Morgan fingerprint density at radius 1 is 0.870 bits per heavy atom. The Morgan fingerprint density at radius 3 is 2.57 bits per heavy atom. The van der Waals surface area contributed by atoms with Gasteiger partial charge in [-0.1, -0.05) is 41.9 Å². The number of aromatic nitrogens is 3. The zero-order chi connectivity index (χ0) is 15.6. The molecule has 23 heavy (non-hydrogen) atoms. The first-order valence-corrected chi connectivity index (χ1v) is 8.26. The molecule has 4 rings (SSSR count). The third-order valence-electron chi connectivity index (χ3n) is 4.19. The molecule has 0 atom stereocenters. The number of pyridine rings is 1. The maximum Gasteiger partial charge on any atom is 0.178 e. The molecule has 0 saturated carbocycles. The summed E-state index contributed by atoms with van der Waals surface area (Å²) < 4.78 is 0. The van der Waals surface area contributed by atoms with Crippen molar-refractivity contribution in [1.82, 2.24) is 15.0 Å². The van der Waals surface area contributed by atoms with Crippen LogP contribution in [0.4, 0.5) is 0 Å². The van der Waals surface area contributed by atoms with Crippen molar-refractivity contribution in [2.24, 2.45) is 0 Å². The van der Waals surface area contributed by atoms with Crippen LogP contribution in [0.1, 0.15) is 24.1 Å². The Morgan fingerprint density at radius 2 is 1.70 bits per heavy atom. The zero-order valence-electron chi connectivity index (χ0n) is 12.7. The molecule has 1 aliphatic carbocycles. The van der Waals surface area contributed by atoms with Crippen molar-refractivity contribution in [1.29, 1.82) is 0 Å². The summed E-state index contributed by atoms with van der Waals surface area (Å²) in [6.07, 6.45) is 6.50. The van der Waals surface area contributed by atoms with E-state index in [0.29, 0.717) is 10.8 Å². The van der Waals surface area contributed by atoms with E-state index in [-0.39, 0.29) is 0 Å². The van der Waals surface area contributed by atoms with E-state index in [9.17, 15) is 0 Å². The second-order valence-electron chi connectivity index (χ2n) is 5.77. The van der Waals surface area contributed by atoms with Gasteiger partial charge < -0.3 is 0 Å². The molecule has 0 amide bonds. The van der Waals surface area contributed by atoms with Crippen LogP contribution in [0.25, 0.3) is 22.8 Å². The molecule has 3 nitrogen and oxygen atoms in total. The van der Waals surface area contributed by atoms with E-state index in [1.807, 2.05) is 48.7 Å². The van der Waals surface area contributed by atoms with Crippen molar-refractivity contribution < 1.29 is 0 Å². The minimum absolute atomic E-state index is 0.637. The van der Waals surface area contributed by atoms with E-state index in [2.05, 4.69) is 4.98 Å². The van der Waals surface area contributed by atoms with Crippen LogP contribution in [0.2, 0.25) is 5.02 Å². The van der Waals surface area contributed by atoms with E-state index < -0.39 is 0 Å². The Labute approximate surface area is 140 Å². The molecule has 1 aliphatic rings. The number of hydrogen-bond acceptors (Lipinski definition) is 3. The van der Waals surface area contributed by atoms with Gasteiger partial charge in [-0.05, 0) is 43.4 Å². The van der Waals surface area contributed by atoms with Gasteiger partial charge in [0.05, 0.1) is 10.7 Å². The van der Waals surface area contributed by atoms with E-state index in [0.717, 1.165) is 29.8 Å². The SMILES string of the molecule is Clc1ccc(-c2ncc3c(n2)CCCC3)nc1-c1ccccc1. The molecule has 1 aromatic carbocycles. The lowest BCUT2D eigenvalue weighted by molar-refractivity contribution is 0.663. The van der Waals surface area contributed by atoms with Gasteiger partial charge in [0.15, 0.2) is 5.82 Å². The van der Waals surface area contributed by atoms with E-state index >= 15 is 0 Å². The highest BCUT2D eigenvalue weighted by Crippen LogP contribution is 2.29. The molecule has 0 unspecified atom stereocenters. The quantitative estimate of drug-likeness (QED) is 0.684. The summed E-state index contributed by atoms with van der Waals surface area (Å²) >= 11 is 6.33. The highest BCUT2D eigenvalue weighted by molar-refractivity contribution is 6.33. The van der Waals surface area contributed by atoms with Crippen molar-refractivity contribution in [2.45, 2.75) is 25.7 Å². The molecular weight excluding hydrogens is 306 g/mol. The van der Waals surface area contributed by atoms with Crippen molar-refractivity contribution in [3.05, 3.63) is 64.9 Å². The number of hydrogen-bond donors (Lipinski definition) is 0. The summed E-state index contributed by atoms with van der Waals surface area (Å²) in [5.41, 5.74) is 4.97. The van der Waals surface area contributed by atoms with Gasteiger partial charge in [0.1, 0.15) is 5.69 Å². The molecule has 0 radical (unpaired) electrons. The number of aryl methyl sites for hydroxylation is 2. The first-order chi connectivity index (χ1) is 11.3. The highest BCUT2D eigenvalue weighted by Gasteiger charge is 2.14. The predicted molar refractivity (Wildman–Crippen MR) is 92.4 cm³/mol. The summed E-state index contributed by atoms with van der Waals surface area (Å²) in [7, 11) is 0. The molecule has 114 valence electrons. The molecule has 0 saturated heterocycles. The second-order valence-corrected chi connectivity index (χ2v) is 6.17. The van der Waals surface area contributed by atoms with Crippen LogP contribution in [-0.2, 0) is 12.8 Å². The topological polar surface area (TPSA) is 38.7 Å². The Balaban J connectivity index is 1.78. The Hall–Kier alpha value is -2.26. The van der Waals surface area contributed by atoms with Gasteiger partial charge in [0, 0.05) is 17.5 Å². The molecular formula is C19H16ClN3. The number of rotatable bonds is 2. The van der Waals surface area contributed by atoms with Crippen LogP contribution in [0, 0.1) is 0 Å². The lowest BCUT2D eigenvalue weighted by atomic mass is 9.97. The lowest BCUT2D eigenvalue weighted by Crippen LogP contribution is -2.07. The molecule has 4 heteroatoms. The van der Waals surface area contributed by atoms with Gasteiger partial charge in [-0.25, -0.2) is 15.0 Å². The number of benzene rings is 1. The minimum atomic E-state index is 0.637.